The van der Waals surface area contributed by atoms with E-state index in [2.05, 4.69) is 10.1 Å². The van der Waals surface area contributed by atoms with E-state index < -0.39 is 11.9 Å². The number of pyridine rings is 1. The highest BCUT2D eigenvalue weighted by atomic mass is 19.4. The summed E-state index contributed by atoms with van der Waals surface area (Å²) in [5.41, 5.74) is 5.80. The molecule has 0 unspecified atom stereocenters. The topological polar surface area (TPSA) is 56.7 Å². The molecule has 0 aliphatic rings. The number of aryl methyl sites for hydroxylation is 1. The van der Waals surface area contributed by atoms with Gasteiger partial charge in [0.15, 0.2) is 0 Å². The minimum absolute atomic E-state index is 0.338. The van der Waals surface area contributed by atoms with Crippen molar-refractivity contribution in [3.05, 3.63) is 35.8 Å². The molecule has 0 saturated carbocycles. The van der Waals surface area contributed by atoms with Crippen molar-refractivity contribution in [2.24, 2.45) is 0 Å². The van der Waals surface area contributed by atoms with Gasteiger partial charge in [-0.2, -0.15) is 18.3 Å². The Balaban J connectivity index is 2.36. The summed E-state index contributed by atoms with van der Waals surface area (Å²) in [5, 5.41) is 3.95. The van der Waals surface area contributed by atoms with Crippen molar-refractivity contribution in [3.63, 3.8) is 0 Å². The van der Waals surface area contributed by atoms with Gasteiger partial charge in [-0.3, -0.25) is 0 Å². The third kappa shape index (κ3) is 2.22. The van der Waals surface area contributed by atoms with E-state index in [1.807, 2.05) is 0 Å². The zero-order chi connectivity index (χ0) is 12.6. The molecule has 0 aliphatic carbocycles. The predicted molar refractivity (Wildman–Crippen MR) is 55.5 cm³/mol. The molecule has 2 N–H and O–H groups in total. The molecule has 90 valence electrons. The highest BCUT2D eigenvalue weighted by Crippen LogP contribution is 2.27. The Morgan fingerprint density at radius 2 is 2.00 bits per heavy atom. The van der Waals surface area contributed by atoms with Gasteiger partial charge in [0.2, 0.25) is 0 Å². The number of alkyl halides is 3. The molecule has 0 atom stereocenters. The van der Waals surface area contributed by atoms with Crippen LogP contribution >= 0.6 is 0 Å². The van der Waals surface area contributed by atoms with Gasteiger partial charge in [-0.1, -0.05) is 0 Å². The normalized spacial score (nSPS) is 11.8. The van der Waals surface area contributed by atoms with Gasteiger partial charge >= 0.3 is 6.18 Å². The van der Waals surface area contributed by atoms with Gasteiger partial charge in [0.1, 0.15) is 11.5 Å². The van der Waals surface area contributed by atoms with E-state index in [4.69, 9.17) is 5.73 Å². The number of nitrogen functional groups attached to an aromatic ring is 1. The lowest BCUT2D eigenvalue weighted by molar-refractivity contribution is -0.141. The van der Waals surface area contributed by atoms with Crippen molar-refractivity contribution in [3.8, 4) is 5.69 Å². The fourth-order valence-corrected chi connectivity index (χ4v) is 1.29. The second-order valence-corrected chi connectivity index (χ2v) is 3.54. The van der Waals surface area contributed by atoms with Crippen molar-refractivity contribution >= 4 is 5.82 Å². The van der Waals surface area contributed by atoms with Crippen LogP contribution in [0.5, 0.6) is 0 Å². The van der Waals surface area contributed by atoms with Gasteiger partial charge in [0.25, 0.3) is 0 Å². The second-order valence-electron chi connectivity index (χ2n) is 3.54. The molecule has 0 saturated heterocycles. The SMILES string of the molecule is Cc1cn(-c2ccc(C(F)(F)F)nc2)nc1N. The summed E-state index contributed by atoms with van der Waals surface area (Å²) in [6.45, 7) is 1.76. The van der Waals surface area contributed by atoms with Crippen LogP contribution in [0, 0.1) is 6.92 Å². The van der Waals surface area contributed by atoms with Gasteiger partial charge in [-0.25, -0.2) is 9.67 Å². The first-order valence-corrected chi connectivity index (χ1v) is 4.73. The summed E-state index contributed by atoms with van der Waals surface area (Å²) in [5.74, 6) is 0.338. The summed E-state index contributed by atoms with van der Waals surface area (Å²) in [4.78, 5) is 3.34. The largest absolute Gasteiger partial charge is 0.433 e. The van der Waals surface area contributed by atoms with Gasteiger partial charge in [-0.15, -0.1) is 0 Å². The van der Waals surface area contributed by atoms with Gasteiger partial charge < -0.3 is 5.73 Å². The van der Waals surface area contributed by atoms with Crippen LogP contribution in [-0.4, -0.2) is 14.8 Å². The molecule has 0 aliphatic heterocycles. The molecule has 0 aromatic carbocycles. The van der Waals surface area contributed by atoms with Crippen molar-refractivity contribution in [2.75, 3.05) is 5.73 Å². The van der Waals surface area contributed by atoms with E-state index in [0.29, 0.717) is 11.5 Å². The molecule has 0 fully saturated rings. The monoisotopic (exact) mass is 242 g/mol. The maximum atomic E-state index is 12.3. The van der Waals surface area contributed by atoms with Crippen LogP contribution in [0.1, 0.15) is 11.3 Å². The Hall–Kier alpha value is -2.05. The minimum Gasteiger partial charge on any atom is -0.382 e. The van der Waals surface area contributed by atoms with E-state index in [0.717, 1.165) is 17.8 Å². The quantitative estimate of drug-likeness (QED) is 0.833. The fourth-order valence-electron chi connectivity index (χ4n) is 1.29. The van der Waals surface area contributed by atoms with Crippen LogP contribution < -0.4 is 5.73 Å². The van der Waals surface area contributed by atoms with Crippen LogP contribution in [-0.2, 0) is 6.18 Å². The number of halogens is 3. The predicted octanol–water partition coefficient (Wildman–Crippen LogP) is 2.18. The summed E-state index contributed by atoms with van der Waals surface area (Å²) < 4.78 is 38.2. The Morgan fingerprint density at radius 3 is 2.41 bits per heavy atom. The Kier molecular flexibility index (Phi) is 2.53. The number of aromatic nitrogens is 3. The molecular formula is C10H9F3N4. The number of nitrogens with zero attached hydrogens (tertiary/aromatic N) is 3. The number of hydrogen-bond donors (Lipinski definition) is 1. The molecule has 7 heteroatoms. The number of anilines is 1. The summed E-state index contributed by atoms with van der Waals surface area (Å²) >= 11 is 0. The Labute approximate surface area is 94.9 Å². The lowest BCUT2D eigenvalue weighted by atomic mass is 10.3. The molecule has 17 heavy (non-hydrogen) atoms. The summed E-state index contributed by atoms with van der Waals surface area (Å²) in [6.07, 6.45) is -1.70. The molecule has 4 nitrogen and oxygen atoms in total. The van der Waals surface area contributed by atoms with E-state index >= 15 is 0 Å². The standard InChI is InChI=1S/C10H9F3N4/c1-6-5-17(16-9(6)14)7-2-3-8(15-4-7)10(11,12)13/h2-5H,1H3,(H2,14,16). The van der Waals surface area contributed by atoms with Crippen molar-refractivity contribution in [1.82, 2.24) is 14.8 Å². The van der Waals surface area contributed by atoms with Crippen molar-refractivity contribution in [2.45, 2.75) is 13.1 Å². The first-order chi connectivity index (χ1) is 7.88. The molecule has 2 aromatic rings. The number of rotatable bonds is 1. The maximum Gasteiger partial charge on any atom is 0.433 e. The van der Waals surface area contributed by atoms with Crippen LogP contribution in [0.3, 0.4) is 0 Å². The molecule has 2 rings (SSSR count). The van der Waals surface area contributed by atoms with E-state index in [9.17, 15) is 13.2 Å². The van der Waals surface area contributed by atoms with Crippen molar-refractivity contribution in [1.29, 1.82) is 0 Å². The highest BCUT2D eigenvalue weighted by molar-refractivity contribution is 5.40. The maximum absolute atomic E-state index is 12.3. The highest BCUT2D eigenvalue weighted by Gasteiger charge is 2.32. The lowest BCUT2D eigenvalue weighted by Gasteiger charge is -2.06. The molecule has 0 amide bonds. The molecule has 0 bridgehead atoms. The third-order valence-corrected chi connectivity index (χ3v) is 2.24. The summed E-state index contributed by atoms with van der Waals surface area (Å²) in [6, 6.07) is 2.20. The smallest absolute Gasteiger partial charge is 0.382 e. The summed E-state index contributed by atoms with van der Waals surface area (Å²) in [7, 11) is 0. The van der Waals surface area contributed by atoms with E-state index in [1.54, 1.807) is 13.1 Å². The zero-order valence-corrected chi connectivity index (χ0v) is 8.86. The average molecular weight is 242 g/mol. The Morgan fingerprint density at radius 1 is 1.29 bits per heavy atom. The number of nitrogens with two attached hydrogens (primary N) is 1. The molecule has 2 aromatic heterocycles. The Bertz CT molecular complexity index is 508. The first-order valence-electron chi connectivity index (χ1n) is 4.73. The van der Waals surface area contributed by atoms with Gasteiger partial charge in [0, 0.05) is 11.8 Å². The molecule has 0 spiro atoms. The van der Waals surface area contributed by atoms with Crippen LogP contribution in [0.25, 0.3) is 5.69 Å². The molecular weight excluding hydrogens is 233 g/mol. The minimum atomic E-state index is -4.43. The first kappa shape index (κ1) is 11.4. The van der Waals surface area contributed by atoms with Crippen LogP contribution in [0.2, 0.25) is 0 Å². The van der Waals surface area contributed by atoms with E-state index in [-0.39, 0.29) is 0 Å². The van der Waals surface area contributed by atoms with E-state index in [1.165, 1.54) is 10.7 Å². The molecule has 0 radical (unpaired) electrons. The fraction of sp³-hybridized carbons (Fsp3) is 0.200. The van der Waals surface area contributed by atoms with Crippen molar-refractivity contribution < 1.29 is 13.2 Å². The average Bonchev–Trinajstić information content (AvgIpc) is 2.58. The van der Waals surface area contributed by atoms with Gasteiger partial charge in [-0.05, 0) is 19.1 Å². The van der Waals surface area contributed by atoms with Gasteiger partial charge in [0.05, 0.1) is 11.9 Å². The van der Waals surface area contributed by atoms with Crippen LogP contribution in [0.15, 0.2) is 24.5 Å². The van der Waals surface area contributed by atoms with Crippen LogP contribution in [0.4, 0.5) is 19.0 Å². The second kappa shape index (κ2) is 3.76. The number of hydrogen-bond acceptors (Lipinski definition) is 3. The zero-order valence-electron chi connectivity index (χ0n) is 8.86. The third-order valence-electron chi connectivity index (χ3n) is 2.24. The lowest BCUT2D eigenvalue weighted by Crippen LogP contribution is -2.08. The molecule has 2 heterocycles.